The van der Waals surface area contributed by atoms with E-state index >= 15 is 0 Å². The number of nitrogens with one attached hydrogen (secondary N) is 1. The molecule has 0 aliphatic carbocycles. The quantitative estimate of drug-likeness (QED) is 0.664. The Labute approximate surface area is 93.2 Å². The van der Waals surface area contributed by atoms with Crippen LogP contribution in [0.1, 0.15) is 17.5 Å². The van der Waals surface area contributed by atoms with E-state index in [1.807, 2.05) is 11.4 Å². The SMILES string of the molecule is NNC(c1cscn1)c1occc1Br. The summed E-state index contributed by atoms with van der Waals surface area (Å²) < 4.78 is 6.20. The average molecular weight is 274 g/mol. The number of hydrogen-bond acceptors (Lipinski definition) is 5. The van der Waals surface area contributed by atoms with Gasteiger partial charge in [-0.15, -0.1) is 11.3 Å². The zero-order valence-electron chi connectivity index (χ0n) is 7.11. The molecule has 0 saturated heterocycles. The monoisotopic (exact) mass is 273 g/mol. The maximum absolute atomic E-state index is 5.46. The van der Waals surface area contributed by atoms with E-state index in [0.717, 1.165) is 15.9 Å². The fourth-order valence-corrected chi connectivity index (χ4v) is 2.18. The standard InChI is InChI=1S/C8H8BrN3OS/c9-5-1-2-13-8(5)7(12-10)6-3-14-4-11-6/h1-4,7,12H,10H2. The van der Waals surface area contributed by atoms with Crippen LogP contribution in [0.4, 0.5) is 0 Å². The highest BCUT2D eigenvalue weighted by molar-refractivity contribution is 9.10. The molecule has 2 aromatic rings. The predicted molar refractivity (Wildman–Crippen MR) is 57.7 cm³/mol. The van der Waals surface area contributed by atoms with Crippen LogP contribution in [-0.2, 0) is 0 Å². The lowest BCUT2D eigenvalue weighted by Gasteiger charge is -2.10. The van der Waals surface area contributed by atoms with E-state index in [-0.39, 0.29) is 6.04 Å². The first kappa shape index (κ1) is 9.85. The third-order valence-electron chi connectivity index (χ3n) is 1.82. The topological polar surface area (TPSA) is 64.1 Å². The molecule has 4 nitrogen and oxygen atoms in total. The van der Waals surface area contributed by atoms with Crippen LogP contribution in [0.25, 0.3) is 0 Å². The minimum atomic E-state index is -0.203. The van der Waals surface area contributed by atoms with Crippen molar-refractivity contribution in [2.24, 2.45) is 5.84 Å². The molecule has 0 aliphatic rings. The lowest BCUT2D eigenvalue weighted by Crippen LogP contribution is -2.28. The molecule has 2 aromatic heterocycles. The highest BCUT2D eigenvalue weighted by Crippen LogP contribution is 2.28. The summed E-state index contributed by atoms with van der Waals surface area (Å²) in [6, 6.07) is 1.62. The second-order valence-electron chi connectivity index (χ2n) is 2.65. The molecule has 0 amide bonds. The van der Waals surface area contributed by atoms with Crippen molar-refractivity contribution in [3.8, 4) is 0 Å². The van der Waals surface area contributed by atoms with Gasteiger partial charge in [0.05, 0.1) is 21.9 Å². The molecule has 74 valence electrons. The largest absolute Gasteiger partial charge is 0.466 e. The second-order valence-corrected chi connectivity index (χ2v) is 4.22. The van der Waals surface area contributed by atoms with Crippen LogP contribution in [0.2, 0.25) is 0 Å². The summed E-state index contributed by atoms with van der Waals surface area (Å²) in [5.74, 6) is 6.19. The number of halogens is 1. The molecule has 2 heterocycles. The van der Waals surface area contributed by atoms with Gasteiger partial charge in [-0.2, -0.15) is 0 Å². The van der Waals surface area contributed by atoms with Gasteiger partial charge in [0.25, 0.3) is 0 Å². The molecule has 0 fully saturated rings. The van der Waals surface area contributed by atoms with Crippen molar-refractivity contribution in [1.82, 2.24) is 10.4 Å². The van der Waals surface area contributed by atoms with Gasteiger partial charge >= 0.3 is 0 Å². The maximum atomic E-state index is 5.46. The predicted octanol–water partition coefficient (Wildman–Crippen LogP) is 2.05. The zero-order valence-corrected chi connectivity index (χ0v) is 9.51. The van der Waals surface area contributed by atoms with E-state index in [1.165, 1.54) is 11.3 Å². The average Bonchev–Trinajstić information content (AvgIpc) is 2.80. The number of thiazole rings is 1. The molecule has 1 atom stereocenters. The Kier molecular flexibility index (Phi) is 2.97. The van der Waals surface area contributed by atoms with Gasteiger partial charge in [-0.3, -0.25) is 5.84 Å². The summed E-state index contributed by atoms with van der Waals surface area (Å²) in [4.78, 5) is 4.18. The van der Waals surface area contributed by atoms with Crippen molar-refractivity contribution in [2.75, 3.05) is 0 Å². The third-order valence-corrected chi connectivity index (χ3v) is 3.08. The lowest BCUT2D eigenvalue weighted by atomic mass is 10.2. The number of hydrazine groups is 1. The molecule has 0 aromatic carbocycles. The first-order valence-corrected chi connectivity index (χ1v) is 5.63. The van der Waals surface area contributed by atoms with E-state index in [9.17, 15) is 0 Å². The van der Waals surface area contributed by atoms with Gasteiger partial charge in [-0.05, 0) is 22.0 Å². The van der Waals surface area contributed by atoms with E-state index in [1.54, 1.807) is 11.8 Å². The Hall–Kier alpha value is -0.690. The Morgan fingerprint density at radius 1 is 1.64 bits per heavy atom. The molecule has 0 radical (unpaired) electrons. The van der Waals surface area contributed by atoms with Gasteiger partial charge in [-0.25, -0.2) is 10.4 Å². The van der Waals surface area contributed by atoms with Gasteiger partial charge in [0, 0.05) is 5.38 Å². The third kappa shape index (κ3) is 1.74. The number of aromatic nitrogens is 1. The molecule has 1 unspecified atom stereocenters. The first-order chi connectivity index (χ1) is 6.83. The van der Waals surface area contributed by atoms with Gasteiger partial charge in [0.2, 0.25) is 0 Å². The van der Waals surface area contributed by atoms with Crippen molar-refractivity contribution in [2.45, 2.75) is 6.04 Å². The van der Waals surface area contributed by atoms with Crippen LogP contribution in [0.3, 0.4) is 0 Å². The molecule has 6 heteroatoms. The van der Waals surface area contributed by atoms with Gasteiger partial charge in [0.1, 0.15) is 11.8 Å². The molecular weight excluding hydrogens is 266 g/mol. The van der Waals surface area contributed by atoms with Crippen LogP contribution in [-0.4, -0.2) is 4.98 Å². The van der Waals surface area contributed by atoms with E-state index in [0.29, 0.717) is 0 Å². The summed E-state index contributed by atoms with van der Waals surface area (Å²) in [7, 11) is 0. The van der Waals surface area contributed by atoms with Crippen molar-refractivity contribution < 1.29 is 4.42 Å². The highest BCUT2D eigenvalue weighted by Gasteiger charge is 2.19. The number of nitrogens with zero attached hydrogens (tertiary/aromatic N) is 1. The summed E-state index contributed by atoms with van der Waals surface area (Å²) in [5.41, 5.74) is 5.28. The van der Waals surface area contributed by atoms with E-state index in [4.69, 9.17) is 10.3 Å². The maximum Gasteiger partial charge on any atom is 0.142 e. The summed E-state index contributed by atoms with van der Waals surface area (Å²) in [5, 5.41) is 1.93. The highest BCUT2D eigenvalue weighted by atomic mass is 79.9. The molecule has 2 rings (SSSR count). The van der Waals surface area contributed by atoms with Gasteiger partial charge in [-0.1, -0.05) is 0 Å². The lowest BCUT2D eigenvalue weighted by molar-refractivity contribution is 0.446. The molecule has 0 aliphatic heterocycles. The number of rotatable bonds is 3. The normalized spacial score (nSPS) is 13.0. The Balaban J connectivity index is 2.36. The zero-order chi connectivity index (χ0) is 9.97. The minimum Gasteiger partial charge on any atom is -0.466 e. The second kappa shape index (κ2) is 4.22. The molecule has 14 heavy (non-hydrogen) atoms. The molecule has 0 spiro atoms. The van der Waals surface area contributed by atoms with Crippen molar-refractivity contribution >= 4 is 27.3 Å². The molecule has 0 saturated carbocycles. The first-order valence-electron chi connectivity index (χ1n) is 3.90. The smallest absolute Gasteiger partial charge is 0.142 e. The van der Waals surface area contributed by atoms with Crippen molar-refractivity contribution in [1.29, 1.82) is 0 Å². The van der Waals surface area contributed by atoms with E-state index < -0.39 is 0 Å². The number of hydrogen-bond donors (Lipinski definition) is 2. The van der Waals surface area contributed by atoms with Gasteiger partial charge < -0.3 is 4.42 Å². The van der Waals surface area contributed by atoms with Crippen LogP contribution < -0.4 is 11.3 Å². The number of nitrogens with two attached hydrogens (primary N) is 1. The van der Waals surface area contributed by atoms with Crippen LogP contribution in [0.15, 0.2) is 32.1 Å². The van der Waals surface area contributed by atoms with Gasteiger partial charge in [0.15, 0.2) is 0 Å². The molecule has 0 bridgehead atoms. The minimum absolute atomic E-state index is 0.203. The summed E-state index contributed by atoms with van der Waals surface area (Å²) in [6.45, 7) is 0. The fraction of sp³-hybridized carbons (Fsp3) is 0.125. The Morgan fingerprint density at radius 2 is 2.50 bits per heavy atom. The molecular formula is C8H8BrN3OS. The fourth-order valence-electron chi connectivity index (χ4n) is 1.17. The van der Waals surface area contributed by atoms with Crippen LogP contribution >= 0.6 is 27.3 Å². The van der Waals surface area contributed by atoms with E-state index in [2.05, 4.69) is 26.3 Å². The molecule has 3 N–H and O–H groups in total. The number of furan rings is 1. The summed E-state index contributed by atoms with van der Waals surface area (Å²) >= 11 is 4.90. The van der Waals surface area contributed by atoms with Crippen molar-refractivity contribution in [3.63, 3.8) is 0 Å². The van der Waals surface area contributed by atoms with Crippen LogP contribution in [0, 0.1) is 0 Å². The Morgan fingerprint density at radius 3 is 3.00 bits per heavy atom. The Bertz CT molecular complexity index is 400. The summed E-state index contributed by atoms with van der Waals surface area (Å²) in [6.07, 6.45) is 1.61. The van der Waals surface area contributed by atoms with Crippen LogP contribution in [0.5, 0.6) is 0 Å². The van der Waals surface area contributed by atoms with Crippen molar-refractivity contribution in [3.05, 3.63) is 39.1 Å².